The fraction of sp³-hybridized carbons (Fsp3) is 0.105. The number of benzene rings is 2. The van der Waals surface area contributed by atoms with Crippen molar-refractivity contribution in [2.75, 3.05) is 16.0 Å². The summed E-state index contributed by atoms with van der Waals surface area (Å²) in [6.07, 6.45) is 1.50. The van der Waals surface area contributed by atoms with Gasteiger partial charge in [0.25, 0.3) is 5.91 Å². The molecular weight excluding hydrogens is 344 g/mol. The van der Waals surface area contributed by atoms with Crippen LogP contribution in [0.1, 0.15) is 21.6 Å². The summed E-state index contributed by atoms with van der Waals surface area (Å²) >= 11 is 0. The van der Waals surface area contributed by atoms with E-state index in [1.807, 2.05) is 49.4 Å². The largest absolute Gasteiger partial charge is 0.378 e. The van der Waals surface area contributed by atoms with Gasteiger partial charge in [0.2, 0.25) is 0 Å². The molecular formula is C19H20N6O2. The van der Waals surface area contributed by atoms with Gasteiger partial charge in [-0.15, -0.1) is 0 Å². The minimum atomic E-state index is -0.585. The summed E-state index contributed by atoms with van der Waals surface area (Å²) < 4.78 is 0. The Hall–Kier alpha value is -3.81. The van der Waals surface area contributed by atoms with Gasteiger partial charge in [-0.05, 0) is 36.8 Å². The van der Waals surface area contributed by atoms with E-state index in [0.717, 1.165) is 16.8 Å². The molecule has 0 saturated carbocycles. The van der Waals surface area contributed by atoms with Crippen molar-refractivity contribution in [1.29, 1.82) is 0 Å². The Morgan fingerprint density at radius 3 is 2.56 bits per heavy atom. The van der Waals surface area contributed by atoms with E-state index in [1.54, 1.807) is 6.07 Å². The highest BCUT2D eigenvalue weighted by Crippen LogP contribution is 2.16. The number of carbonyl (C=O) groups is 2. The van der Waals surface area contributed by atoms with Crippen molar-refractivity contribution in [1.82, 2.24) is 10.2 Å². The molecule has 3 aromatic rings. The highest BCUT2D eigenvalue weighted by atomic mass is 16.2. The second kappa shape index (κ2) is 8.05. The molecule has 2 aromatic carbocycles. The molecule has 0 unspecified atom stereocenters. The predicted molar refractivity (Wildman–Crippen MR) is 105 cm³/mol. The third-order valence-electron chi connectivity index (χ3n) is 3.86. The molecule has 1 aromatic heterocycles. The number of urea groups is 1. The molecule has 0 spiro atoms. The minimum absolute atomic E-state index is 0.224. The molecule has 1 heterocycles. The molecule has 138 valence electrons. The van der Waals surface area contributed by atoms with Crippen molar-refractivity contribution in [3.63, 3.8) is 0 Å². The van der Waals surface area contributed by atoms with E-state index in [4.69, 9.17) is 5.73 Å². The average Bonchev–Trinajstić information content (AvgIpc) is 3.11. The van der Waals surface area contributed by atoms with E-state index < -0.39 is 5.91 Å². The standard InChI is InChI=1S/C19H20N6O2/c1-12-5-7-14(8-6-12)23-19(27)24-15-4-2-3-13(9-15)10-21-16-11-22-25-17(16)18(20)26/h2-9,11,21H,10H2,1H3,(H2,20,26)(H,22,25)(H2,23,24,27). The van der Waals surface area contributed by atoms with Gasteiger partial charge >= 0.3 is 6.03 Å². The smallest absolute Gasteiger partial charge is 0.323 e. The summed E-state index contributed by atoms with van der Waals surface area (Å²) in [5.74, 6) is -0.585. The summed E-state index contributed by atoms with van der Waals surface area (Å²) in [6.45, 7) is 2.42. The molecule has 0 atom stereocenters. The van der Waals surface area contributed by atoms with E-state index in [-0.39, 0.29) is 11.7 Å². The lowest BCUT2D eigenvalue weighted by molar-refractivity contribution is 0.0996. The molecule has 8 nitrogen and oxygen atoms in total. The molecule has 0 aliphatic carbocycles. The van der Waals surface area contributed by atoms with Gasteiger partial charge < -0.3 is 21.7 Å². The SMILES string of the molecule is Cc1ccc(NC(=O)Nc2cccc(CNc3cn[nH]c3C(N)=O)c2)cc1. The maximum atomic E-state index is 12.1. The number of H-pyrrole nitrogens is 1. The number of aryl methyl sites for hydroxylation is 1. The molecule has 0 radical (unpaired) electrons. The number of nitrogens with zero attached hydrogens (tertiary/aromatic N) is 1. The summed E-state index contributed by atoms with van der Waals surface area (Å²) in [5.41, 5.74) is 9.43. The van der Waals surface area contributed by atoms with E-state index in [9.17, 15) is 9.59 Å². The number of hydrogen-bond acceptors (Lipinski definition) is 4. The number of aromatic nitrogens is 2. The fourth-order valence-electron chi connectivity index (χ4n) is 2.49. The Morgan fingerprint density at radius 1 is 1.07 bits per heavy atom. The molecule has 0 aliphatic rings. The van der Waals surface area contributed by atoms with E-state index in [1.165, 1.54) is 6.20 Å². The second-order valence-corrected chi connectivity index (χ2v) is 6.02. The van der Waals surface area contributed by atoms with Crippen LogP contribution >= 0.6 is 0 Å². The number of anilines is 3. The molecule has 8 heteroatoms. The number of primary amides is 1. The van der Waals surface area contributed by atoms with Crippen LogP contribution in [-0.2, 0) is 6.54 Å². The molecule has 0 bridgehead atoms. The van der Waals surface area contributed by atoms with Crippen molar-refractivity contribution < 1.29 is 9.59 Å². The first kappa shape index (κ1) is 18.0. The lowest BCUT2D eigenvalue weighted by Crippen LogP contribution is -2.19. The van der Waals surface area contributed by atoms with Crippen molar-refractivity contribution in [2.45, 2.75) is 13.5 Å². The molecule has 0 fully saturated rings. The topological polar surface area (TPSA) is 125 Å². The zero-order chi connectivity index (χ0) is 19.2. The first-order valence-corrected chi connectivity index (χ1v) is 8.32. The first-order valence-electron chi connectivity index (χ1n) is 8.32. The monoisotopic (exact) mass is 364 g/mol. The fourth-order valence-corrected chi connectivity index (χ4v) is 2.49. The molecule has 0 saturated heterocycles. The Labute approximate surface area is 156 Å². The third kappa shape index (κ3) is 4.85. The highest BCUT2D eigenvalue weighted by Gasteiger charge is 2.10. The average molecular weight is 364 g/mol. The maximum Gasteiger partial charge on any atom is 0.323 e. The lowest BCUT2D eigenvalue weighted by atomic mass is 10.2. The van der Waals surface area contributed by atoms with Crippen molar-refractivity contribution in [3.8, 4) is 0 Å². The Kier molecular flexibility index (Phi) is 5.36. The highest BCUT2D eigenvalue weighted by molar-refractivity contribution is 5.99. The van der Waals surface area contributed by atoms with Crippen LogP contribution in [0.25, 0.3) is 0 Å². The van der Waals surface area contributed by atoms with E-state index >= 15 is 0 Å². The van der Waals surface area contributed by atoms with Gasteiger partial charge in [-0.3, -0.25) is 9.89 Å². The lowest BCUT2D eigenvalue weighted by Gasteiger charge is -2.10. The van der Waals surface area contributed by atoms with Gasteiger partial charge in [0, 0.05) is 17.9 Å². The summed E-state index contributed by atoms with van der Waals surface area (Å²) in [6, 6.07) is 14.6. The molecule has 27 heavy (non-hydrogen) atoms. The van der Waals surface area contributed by atoms with Crippen molar-refractivity contribution in [2.24, 2.45) is 5.73 Å². The zero-order valence-electron chi connectivity index (χ0n) is 14.7. The van der Waals surface area contributed by atoms with E-state index in [0.29, 0.717) is 17.9 Å². The van der Waals surface area contributed by atoms with Gasteiger partial charge in [0.1, 0.15) is 5.69 Å². The number of rotatable bonds is 6. The second-order valence-electron chi connectivity index (χ2n) is 6.02. The van der Waals surface area contributed by atoms with Crippen LogP contribution in [0.4, 0.5) is 21.9 Å². The molecule has 3 amide bonds. The zero-order valence-corrected chi connectivity index (χ0v) is 14.7. The van der Waals surface area contributed by atoms with E-state index in [2.05, 4.69) is 26.1 Å². The van der Waals surface area contributed by atoms with Gasteiger partial charge in [-0.1, -0.05) is 29.8 Å². The Bertz CT molecular complexity index is 949. The Morgan fingerprint density at radius 2 is 1.81 bits per heavy atom. The van der Waals surface area contributed by atoms with Crippen LogP contribution in [0, 0.1) is 6.92 Å². The van der Waals surface area contributed by atoms with Gasteiger partial charge in [0.15, 0.2) is 0 Å². The van der Waals surface area contributed by atoms with Gasteiger partial charge in [-0.2, -0.15) is 5.10 Å². The quantitative estimate of drug-likeness (QED) is 0.461. The van der Waals surface area contributed by atoms with Crippen LogP contribution in [0.15, 0.2) is 54.7 Å². The normalized spacial score (nSPS) is 10.3. The van der Waals surface area contributed by atoms with Crippen LogP contribution in [0.3, 0.4) is 0 Å². The molecule has 0 aliphatic heterocycles. The number of amides is 3. The van der Waals surface area contributed by atoms with Crippen molar-refractivity contribution >= 4 is 29.0 Å². The number of carbonyl (C=O) groups excluding carboxylic acids is 2. The Balaban J connectivity index is 1.59. The van der Waals surface area contributed by atoms with Gasteiger partial charge in [0.05, 0.1) is 11.9 Å². The van der Waals surface area contributed by atoms with Crippen molar-refractivity contribution in [3.05, 3.63) is 71.5 Å². The first-order chi connectivity index (χ1) is 13.0. The predicted octanol–water partition coefficient (Wildman–Crippen LogP) is 3.07. The van der Waals surface area contributed by atoms with Crippen LogP contribution < -0.4 is 21.7 Å². The summed E-state index contributed by atoms with van der Waals surface area (Å²) in [4.78, 5) is 23.4. The molecule has 3 rings (SSSR count). The number of nitrogens with one attached hydrogen (secondary N) is 4. The molecule has 6 N–H and O–H groups in total. The number of hydrogen-bond donors (Lipinski definition) is 5. The maximum absolute atomic E-state index is 12.1. The van der Waals surface area contributed by atoms with Crippen LogP contribution in [-0.4, -0.2) is 22.1 Å². The van der Waals surface area contributed by atoms with Crippen LogP contribution in [0.5, 0.6) is 0 Å². The number of nitrogens with two attached hydrogens (primary N) is 1. The third-order valence-corrected chi connectivity index (χ3v) is 3.86. The minimum Gasteiger partial charge on any atom is -0.378 e. The van der Waals surface area contributed by atoms with Crippen LogP contribution in [0.2, 0.25) is 0 Å². The van der Waals surface area contributed by atoms with Gasteiger partial charge in [-0.25, -0.2) is 4.79 Å². The number of aromatic amines is 1. The summed E-state index contributed by atoms with van der Waals surface area (Å²) in [5, 5.41) is 15.0. The summed E-state index contributed by atoms with van der Waals surface area (Å²) in [7, 11) is 0.